The monoisotopic (exact) mass is 1120 g/mol. The molecule has 23 nitrogen and oxygen atoms in total. The van der Waals surface area contributed by atoms with E-state index in [1.54, 1.807) is 88.4 Å². The smallest absolute Gasteiger partial charge is 0.246 e. The summed E-state index contributed by atoms with van der Waals surface area (Å²) < 4.78 is 0. The van der Waals surface area contributed by atoms with Crippen molar-refractivity contribution in [2.45, 2.75) is 134 Å². The Balaban J connectivity index is 1.05. The Labute approximate surface area is 472 Å². The summed E-state index contributed by atoms with van der Waals surface area (Å²) in [6.45, 7) is 6.06. The molecule has 0 aromatic heterocycles. The number of likely N-dealkylation sites (tertiary alicyclic amines) is 3. The third-order valence-electron chi connectivity index (χ3n) is 14.7. The SMILES string of the molecule is CC(C)[C@H](NC(=O)CNC(=O)[C@@H]1CCCN1C(=O)[C@H](Cc1ccccc1)NC(=O)[C@@H](NC(=O)CNC(=O)[C@@H]1CCCN1C(=O)[C@@H](N)Cc1ccccc1)C(C)C)C(=O)N[C@@H](Cc1ccccc1)C(=O)N1CCC[C@H]1C(=O)NCC(N)=O. The molecule has 3 aromatic carbocycles. The molecule has 23 heteroatoms. The minimum atomic E-state index is -1.20. The number of nitrogens with two attached hydrogens (primary N) is 2. The lowest BCUT2D eigenvalue weighted by Gasteiger charge is -2.31. The third kappa shape index (κ3) is 17.6. The summed E-state index contributed by atoms with van der Waals surface area (Å²) in [4.78, 5) is 153. The molecule has 81 heavy (non-hydrogen) atoms. The second-order valence-corrected chi connectivity index (χ2v) is 21.6. The predicted molar refractivity (Wildman–Crippen MR) is 298 cm³/mol. The highest BCUT2D eigenvalue weighted by Gasteiger charge is 2.42. The number of hydrogen-bond acceptors (Lipinski definition) is 12. The molecule has 0 bridgehead atoms. The van der Waals surface area contributed by atoms with E-state index in [1.807, 2.05) is 30.3 Å². The maximum atomic E-state index is 14.6. The van der Waals surface area contributed by atoms with Crippen molar-refractivity contribution in [2.24, 2.45) is 23.3 Å². The molecule has 3 aliphatic rings. The quantitative estimate of drug-likeness (QED) is 0.0473. The lowest BCUT2D eigenvalue weighted by atomic mass is 10.0. The molecule has 0 unspecified atom stereocenters. The van der Waals surface area contributed by atoms with Crippen LogP contribution in [0.25, 0.3) is 0 Å². The van der Waals surface area contributed by atoms with Crippen LogP contribution < -0.4 is 48.7 Å². The standard InChI is InChI=1S/C58H78N12O11/c1-35(2)49(66-47(72)33-62-52(75)43-23-14-26-68(43)56(79)40(59)29-37-17-8-5-9-18-37)55(78)65-42(31-39-21-12-7-13-22-39)58(81)70-28-16-25-45(70)53(76)63-34-48(73)67-50(36(3)4)54(77)64-41(30-38-19-10-6-11-20-38)57(80)69-27-15-24-44(69)51(74)61-32-46(60)71/h5-13,17-22,35-36,40-45,49-50H,14-16,23-34,59H2,1-4H3,(H2,60,71)(H,61,74)(H,62,75)(H,63,76)(H,64,77)(H,65,78)(H,66,72)(H,67,73)/t40-,41-,42-,43-,44-,45-,49-,50-/m0/s1. The molecule has 0 radical (unpaired) electrons. The summed E-state index contributed by atoms with van der Waals surface area (Å²) in [6.07, 6.45) is 2.86. The second kappa shape index (κ2) is 29.8. The molecule has 11 N–H and O–H groups in total. The van der Waals surface area contributed by atoms with Gasteiger partial charge < -0.3 is 63.4 Å². The molecule has 3 fully saturated rings. The zero-order chi connectivity index (χ0) is 58.8. The van der Waals surface area contributed by atoms with Gasteiger partial charge in [0.1, 0.15) is 42.3 Å². The molecule has 6 rings (SSSR count). The van der Waals surface area contributed by atoms with Gasteiger partial charge in [-0.05, 0) is 73.5 Å². The summed E-state index contributed by atoms with van der Waals surface area (Å²) in [6, 6.07) is 18.9. The van der Waals surface area contributed by atoms with Crippen molar-refractivity contribution in [3.8, 4) is 0 Å². The number of benzene rings is 3. The van der Waals surface area contributed by atoms with Crippen LogP contribution in [0.1, 0.15) is 82.9 Å². The van der Waals surface area contributed by atoms with Crippen LogP contribution in [0.3, 0.4) is 0 Å². The zero-order valence-corrected chi connectivity index (χ0v) is 46.5. The number of amides is 11. The highest BCUT2D eigenvalue weighted by Crippen LogP contribution is 2.23. The molecule has 3 heterocycles. The van der Waals surface area contributed by atoms with Crippen LogP contribution in [0.5, 0.6) is 0 Å². The van der Waals surface area contributed by atoms with Gasteiger partial charge in [-0.2, -0.15) is 0 Å². The molecule has 8 atom stereocenters. The topological polar surface area (TPSA) is 334 Å². The Bertz CT molecular complexity index is 2710. The van der Waals surface area contributed by atoms with Crippen molar-refractivity contribution in [3.63, 3.8) is 0 Å². The van der Waals surface area contributed by atoms with Gasteiger partial charge in [0, 0.05) is 32.5 Å². The number of carbonyl (C=O) groups excluding carboxylic acids is 11. The molecular weight excluding hydrogens is 1040 g/mol. The van der Waals surface area contributed by atoms with Crippen molar-refractivity contribution >= 4 is 65.0 Å². The van der Waals surface area contributed by atoms with Gasteiger partial charge in [-0.25, -0.2) is 0 Å². The average Bonchev–Trinajstić information content (AvgIpc) is 4.27. The largest absolute Gasteiger partial charge is 0.368 e. The van der Waals surface area contributed by atoms with Crippen molar-refractivity contribution in [1.82, 2.24) is 51.9 Å². The van der Waals surface area contributed by atoms with Gasteiger partial charge in [0.2, 0.25) is 65.0 Å². The van der Waals surface area contributed by atoms with E-state index in [0.717, 1.165) is 11.1 Å². The van der Waals surface area contributed by atoms with Gasteiger partial charge in [-0.1, -0.05) is 119 Å². The van der Waals surface area contributed by atoms with Crippen molar-refractivity contribution in [1.29, 1.82) is 0 Å². The van der Waals surface area contributed by atoms with E-state index in [1.165, 1.54) is 14.7 Å². The first kappa shape index (κ1) is 62.0. The molecule has 0 saturated carbocycles. The van der Waals surface area contributed by atoms with Crippen LogP contribution in [0.15, 0.2) is 91.0 Å². The Morgan fingerprint density at radius 1 is 0.457 bits per heavy atom. The Morgan fingerprint density at radius 3 is 1.11 bits per heavy atom. The zero-order valence-electron chi connectivity index (χ0n) is 46.5. The predicted octanol–water partition coefficient (Wildman–Crippen LogP) is -0.900. The summed E-state index contributed by atoms with van der Waals surface area (Å²) >= 11 is 0. The molecule has 436 valence electrons. The second-order valence-electron chi connectivity index (χ2n) is 21.6. The third-order valence-corrected chi connectivity index (χ3v) is 14.7. The van der Waals surface area contributed by atoms with E-state index < -0.39 is 139 Å². The Kier molecular flexibility index (Phi) is 22.8. The van der Waals surface area contributed by atoms with E-state index in [-0.39, 0.29) is 38.3 Å². The number of primary amides is 1. The molecule has 0 spiro atoms. The number of rotatable bonds is 26. The van der Waals surface area contributed by atoms with Gasteiger partial charge in [0.15, 0.2) is 0 Å². The first-order valence-corrected chi connectivity index (χ1v) is 27.8. The molecule has 3 saturated heterocycles. The maximum absolute atomic E-state index is 14.6. The summed E-state index contributed by atoms with van der Waals surface area (Å²) in [5.41, 5.74) is 13.8. The number of carbonyl (C=O) groups is 11. The number of hydrogen-bond donors (Lipinski definition) is 9. The van der Waals surface area contributed by atoms with E-state index in [4.69, 9.17) is 11.5 Å². The molecular formula is C58H78N12O11. The van der Waals surface area contributed by atoms with Gasteiger partial charge in [-0.15, -0.1) is 0 Å². The van der Waals surface area contributed by atoms with Crippen LogP contribution in [0, 0.1) is 11.8 Å². The van der Waals surface area contributed by atoms with E-state index >= 15 is 0 Å². The highest BCUT2D eigenvalue weighted by atomic mass is 16.2. The summed E-state index contributed by atoms with van der Waals surface area (Å²) in [7, 11) is 0. The fraction of sp³-hybridized carbons (Fsp3) is 0.500. The van der Waals surface area contributed by atoms with Crippen LogP contribution >= 0.6 is 0 Å². The van der Waals surface area contributed by atoms with Crippen LogP contribution in [0.4, 0.5) is 0 Å². The Hall–Kier alpha value is -8.21. The van der Waals surface area contributed by atoms with Gasteiger partial charge in [0.05, 0.1) is 25.7 Å². The minimum Gasteiger partial charge on any atom is -0.368 e. The Morgan fingerprint density at radius 2 is 0.778 bits per heavy atom. The maximum Gasteiger partial charge on any atom is 0.246 e. The van der Waals surface area contributed by atoms with E-state index in [9.17, 15) is 52.7 Å². The van der Waals surface area contributed by atoms with Gasteiger partial charge >= 0.3 is 0 Å². The number of nitrogens with one attached hydrogen (secondary N) is 7. The number of nitrogens with zero attached hydrogens (tertiary/aromatic N) is 3. The van der Waals surface area contributed by atoms with E-state index in [2.05, 4.69) is 37.2 Å². The lowest BCUT2D eigenvalue weighted by molar-refractivity contribution is -0.142. The molecule has 0 aliphatic carbocycles. The summed E-state index contributed by atoms with van der Waals surface area (Å²) in [5, 5.41) is 18.6. The van der Waals surface area contributed by atoms with Gasteiger partial charge in [0.25, 0.3) is 0 Å². The van der Waals surface area contributed by atoms with Crippen molar-refractivity contribution in [2.75, 3.05) is 39.3 Å². The lowest BCUT2D eigenvalue weighted by Crippen LogP contribution is -2.59. The fourth-order valence-corrected chi connectivity index (χ4v) is 10.5. The normalized spacial score (nSPS) is 18.7. The molecule has 3 aromatic rings. The molecule has 11 amide bonds. The van der Waals surface area contributed by atoms with Crippen LogP contribution in [0.2, 0.25) is 0 Å². The summed E-state index contributed by atoms with van der Waals surface area (Å²) in [5.74, 6) is -7.69. The van der Waals surface area contributed by atoms with E-state index in [0.29, 0.717) is 50.6 Å². The average molecular weight is 1120 g/mol. The first-order chi connectivity index (χ1) is 38.7. The fourth-order valence-electron chi connectivity index (χ4n) is 10.5. The van der Waals surface area contributed by atoms with Gasteiger partial charge in [-0.3, -0.25) is 52.7 Å². The van der Waals surface area contributed by atoms with Crippen LogP contribution in [-0.4, -0.2) is 167 Å². The van der Waals surface area contributed by atoms with Crippen molar-refractivity contribution in [3.05, 3.63) is 108 Å². The van der Waals surface area contributed by atoms with Crippen molar-refractivity contribution < 1.29 is 52.7 Å². The minimum absolute atomic E-state index is 0.0282. The molecule has 3 aliphatic heterocycles. The highest BCUT2D eigenvalue weighted by molar-refractivity contribution is 5.98. The first-order valence-electron chi connectivity index (χ1n) is 27.8. The van der Waals surface area contributed by atoms with Crippen LogP contribution in [-0.2, 0) is 72.0 Å².